The Bertz CT molecular complexity index is 155. The highest BCUT2D eigenvalue weighted by atomic mass is 19.4. The molecule has 0 N–H and O–H groups in total. The van der Waals surface area contributed by atoms with Gasteiger partial charge in [-0.2, -0.15) is 30.7 Å². The third-order valence-corrected chi connectivity index (χ3v) is 1.03. The fourth-order valence-corrected chi connectivity index (χ4v) is 0.465. The fourth-order valence-electron chi connectivity index (χ4n) is 0.465. The van der Waals surface area contributed by atoms with Crippen LogP contribution in [0.2, 0.25) is 0 Å². The van der Waals surface area contributed by atoms with E-state index in [1.54, 1.807) is 0 Å². The van der Waals surface area contributed by atoms with Crippen molar-refractivity contribution in [1.82, 2.24) is 0 Å². The van der Waals surface area contributed by atoms with E-state index in [2.05, 4.69) is 11.7 Å². The molecule has 13 heavy (non-hydrogen) atoms. The predicted molar refractivity (Wildman–Crippen MR) is 27.3 cm³/mol. The van der Waals surface area contributed by atoms with E-state index < -0.39 is 24.8 Å². The molecule has 0 atom stereocenters. The summed E-state index contributed by atoms with van der Waals surface area (Å²) in [6.07, 6.45) is -12.3. The molecule has 0 rings (SSSR count). The van der Waals surface area contributed by atoms with Crippen molar-refractivity contribution in [2.24, 2.45) is 0 Å². The minimum Gasteiger partial charge on any atom is -0.332 e. The summed E-state index contributed by atoms with van der Waals surface area (Å²) in [5.74, 6) is -5.64. The van der Waals surface area contributed by atoms with Crippen LogP contribution in [-0.2, 0) is 4.74 Å². The van der Waals surface area contributed by atoms with Gasteiger partial charge in [-0.1, -0.05) is 0 Å². The van der Waals surface area contributed by atoms with Crippen molar-refractivity contribution >= 4 is 0 Å². The summed E-state index contributed by atoms with van der Waals surface area (Å²) < 4.78 is 84.5. The molecule has 8 heteroatoms. The minimum atomic E-state index is -6.16. The lowest BCUT2D eigenvalue weighted by Gasteiger charge is -2.28. The van der Waals surface area contributed by atoms with Crippen LogP contribution in [0.3, 0.4) is 0 Å². The van der Waals surface area contributed by atoms with Gasteiger partial charge < -0.3 is 4.74 Å². The van der Waals surface area contributed by atoms with E-state index in [0.717, 1.165) is 0 Å². The second-order valence-corrected chi connectivity index (χ2v) is 1.94. The van der Waals surface area contributed by atoms with Crippen molar-refractivity contribution in [3.63, 3.8) is 0 Å². The fraction of sp³-hybridized carbons (Fsp3) is 0.800. The third-order valence-electron chi connectivity index (χ3n) is 1.03. The van der Waals surface area contributed by atoms with Crippen molar-refractivity contribution in [3.8, 4) is 0 Å². The van der Waals surface area contributed by atoms with E-state index in [1.807, 2.05) is 0 Å². The van der Waals surface area contributed by atoms with E-state index in [4.69, 9.17) is 0 Å². The van der Waals surface area contributed by atoms with Gasteiger partial charge in [0.2, 0.25) is 0 Å². The molecule has 0 aliphatic carbocycles. The topological polar surface area (TPSA) is 9.23 Å². The molecule has 0 fully saturated rings. The van der Waals surface area contributed by atoms with E-state index in [9.17, 15) is 30.7 Å². The van der Waals surface area contributed by atoms with Gasteiger partial charge in [0.1, 0.15) is 0 Å². The van der Waals surface area contributed by atoms with Crippen LogP contribution in [0.1, 0.15) is 0 Å². The molecule has 0 spiro atoms. The smallest absolute Gasteiger partial charge is 0.332 e. The average Bonchev–Trinajstić information content (AvgIpc) is 1.82. The Hall–Kier alpha value is -0.530. The van der Waals surface area contributed by atoms with Gasteiger partial charge in [-0.05, 0) is 6.92 Å². The third kappa shape index (κ3) is 2.23. The van der Waals surface area contributed by atoms with Crippen LogP contribution in [0.15, 0.2) is 0 Å². The van der Waals surface area contributed by atoms with Crippen molar-refractivity contribution in [2.75, 3.05) is 6.61 Å². The Labute approximate surface area is 68.5 Å². The van der Waals surface area contributed by atoms with Gasteiger partial charge in [0.25, 0.3) is 0 Å². The average molecular weight is 213 g/mol. The molecule has 0 saturated carbocycles. The van der Waals surface area contributed by atoms with Gasteiger partial charge in [-0.15, -0.1) is 0 Å². The second-order valence-electron chi connectivity index (χ2n) is 1.94. The summed E-state index contributed by atoms with van der Waals surface area (Å²) in [4.78, 5) is 0. The number of rotatable bonds is 2. The molecule has 0 aliphatic rings. The normalized spacial score (nSPS) is 14.8. The Morgan fingerprint density at radius 3 is 1.23 bits per heavy atom. The maximum absolute atomic E-state index is 12.3. The lowest BCUT2D eigenvalue weighted by atomic mass is 10.3. The number of alkyl halides is 7. The van der Waals surface area contributed by atoms with Crippen molar-refractivity contribution < 1.29 is 35.5 Å². The SMILES string of the molecule is [CH2]COC(F)(C(F)(F)F)C(F)(F)F. The van der Waals surface area contributed by atoms with Crippen LogP contribution >= 0.6 is 0 Å². The molecule has 0 bridgehead atoms. The van der Waals surface area contributed by atoms with Crippen LogP contribution in [0.5, 0.6) is 0 Å². The molecule has 1 radical (unpaired) electrons. The molecule has 0 aliphatic heterocycles. The first kappa shape index (κ1) is 12.5. The molecule has 1 nitrogen and oxygen atoms in total. The largest absolute Gasteiger partial charge is 0.458 e. The summed E-state index contributed by atoms with van der Waals surface area (Å²) in [6, 6.07) is 0. The highest BCUT2D eigenvalue weighted by Gasteiger charge is 2.74. The lowest BCUT2D eigenvalue weighted by molar-refractivity contribution is -0.428. The van der Waals surface area contributed by atoms with Crippen LogP contribution in [0.25, 0.3) is 0 Å². The number of halogens is 7. The number of hydrogen-bond donors (Lipinski definition) is 0. The zero-order valence-electron chi connectivity index (χ0n) is 5.97. The van der Waals surface area contributed by atoms with E-state index in [0.29, 0.717) is 0 Å². The van der Waals surface area contributed by atoms with Crippen LogP contribution < -0.4 is 0 Å². The maximum atomic E-state index is 12.3. The standard InChI is InChI=1S/C5H4F7O/c1-2-13-3(6,4(7,8)9)5(10,11)12/h1-2H2. The predicted octanol–water partition coefficient (Wildman–Crippen LogP) is 2.63. The Morgan fingerprint density at radius 2 is 1.15 bits per heavy atom. The first-order chi connectivity index (χ1) is 5.56. The highest BCUT2D eigenvalue weighted by Crippen LogP contribution is 2.46. The number of ether oxygens (including phenoxy) is 1. The maximum Gasteiger partial charge on any atom is 0.458 e. The first-order valence-electron chi connectivity index (χ1n) is 2.82. The molecule has 0 unspecified atom stereocenters. The van der Waals surface area contributed by atoms with Gasteiger partial charge in [0.05, 0.1) is 6.61 Å². The second kappa shape index (κ2) is 3.32. The summed E-state index contributed by atoms with van der Waals surface area (Å²) >= 11 is 0. The van der Waals surface area contributed by atoms with E-state index in [1.165, 1.54) is 0 Å². The zero-order chi connectivity index (χ0) is 10.9. The van der Waals surface area contributed by atoms with Crippen LogP contribution in [-0.4, -0.2) is 24.8 Å². The van der Waals surface area contributed by atoms with Crippen molar-refractivity contribution in [3.05, 3.63) is 6.92 Å². The molecule has 0 saturated heterocycles. The quantitative estimate of drug-likeness (QED) is 0.640. The molecule has 0 heterocycles. The van der Waals surface area contributed by atoms with Gasteiger partial charge >= 0.3 is 18.2 Å². The van der Waals surface area contributed by atoms with E-state index >= 15 is 0 Å². The Morgan fingerprint density at radius 1 is 0.846 bits per heavy atom. The summed E-state index contributed by atoms with van der Waals surface area (Å²) in [5, 5.41) is 0. The Kier molecular flexibility index (Phi) is 3.18. The van der Waals surface area contributed by atoms with Crippen LogP contribution in [0.4, 0.5) is 30.7 Å². The zero-order valence-corrected chi connectivity index (χ0v) is 5.97. The molecule has 0 aromatic carbocycles. The summed E-state index contributed by atoms with van der Waals surface area (Å²) in [6.45, 7) is 1.25. The Balaban J connectivity index is 4.96. The first-order valence-corrected chi connectivity index (χ1v) is 2.82. The monoisotopic (exact) mass is 213 g/mol. The molecular formula is C5H4F7O. The molecular weight excluding hydrogens is 209 g/mol. The van der Waals surface area contributed by atoms with Gasteiger partial charge in [-0.25, -0.2) is 0 Å². The van der Waals surface area contributed by atoms with E-state index in [-0.39, 0.29) is 0 Å². The van der Waals surface area contributed by atoms with Crippen molar-refractivity contribution in [1.29, 1.82) is 0 Å². The highest BCUT2D eigenvalue weighted by molar-refractivity contribution is 4.85. The molecule has 0 aromatic heterocycles. The lowest BCUT2D eigenvalue weighted by Crippen LogP contribution is -2.55. The van der Waals surface area contributed by atoms with Gasteiger partial charge in [0, 0.05) is 0 Å². The molecule has 0 aromatic rings. The van der Waals surface area contributed by atoms with Crippen LogP contribution in [0, 0.1) is 6.92 Å². The van der Waals surface area contributed by atoms with Gasteiger partial charge in [0.15, 0.2) is 0 Å². The number of hydrogen-bond acceptors (Lipinski definition) is 1. The molecule has 79 valence electrons. The molecule has 0 amide bonds. The van der Waals surface area contributed by atoms with Crippen molar-refractivity contribution in [2.45, 2.75) is 18.2 Å². The summed E-state index contributed by atoms with van der Waals surface area (Å²) in [7, 11) is 0. The van der Waals surface area contributed by atoms with Gasteiger partial charge in [-0.3, -0.25) is 0 Å². The summed E-state index contributed by atoms with van der Waals surface area (Å²) in [5.41, 5.74) is 0. The minimum absolute atomic E-state index is 1.28.